The SMILES string of the molecule is CC(=O)OC[C@H]1O[C@@H](n2cncc2I)[C@H](OC(C)=O)[C@@H]1OC(C)=O. The molecule has 0 saturated carbocycles. The van der Waals surface area contributed by atoms with Crippen LogP contribution in [0.2, 0.25) is 0 Å². The molecule has 0 spiro atoms. The number of esters is 3. The van der Waals surface area contributed by atoms with E-state index in [2.05, 4.69) is 4.98 Å². The lowest BCUT2D eigenvalue weighted by Crippen LogP contribution is -2.40. The predicted octanol–water partition coefficient (Wildman–Crippen LogP) is 0.812. The molecule has 0 aromatic carbocycles. The number of halogens is 1. The van der Waals surface area contributed by atoms with Crippen molar-refractivity contribution >= 4 is 40.5 Å². The second-order valence-electron chi connectivity index (χ2n) is 5.14. The van der Waals surface area contributed by atoms with Crippen LogP contribution in [-0.2, 0) is 33.3 Å². The summed E-state index contributed by atoms with van der Waals surface area (Å²) in [6.45, 7) is 3.62. The van der Waals surface area contributed by atoms with Gasteiger partial charge in [-0.25, -0.2) is 4.98 Å². The zero-order chi connectivity index (χ0) is 17.9. The van der Waals surface area contributed by atoms with Crippen LogP contribution in [0.4, 0.5) is 0 Å². The van der Waals surface area contributed by atoms with Crippen LogP contribution in [-0.4, -0.2) is 52.4 Å². The first-order valence-corrected chi connectivity index (χ1v) is 8.18. The maximum absolute atomic E-state index is 11.5. The summed E-state index contributed by atoms with van der Waals surface area (Å²) >= 11 is 2.05. The minimum Gasteiger partial charge on any atom is -0.463 e. The molecule has 0 amide bonds. The number of hydrogen-bond donors (Lipinski definition) is 0. The Balaban J connectivity index is 2.31. The summed E-state index contributed by atoms with van der Waals surface area (Å²) < 4.78 is 23.8. The maximum atomic E-state index is 11.5. The molecule has 4 atom stereocenters. The van der Waals surface area contributed by atoms with Crippen molar-refractivity contribution < 1.29 is 33.3 Å². The third kappa shape index (κ3) is 4.44. The van der Waals surface area contributed by atoms with Gasteiger partial charge in [0, 0.05) is 20.8 Å². The lowest BCUT2D eigenvalue weighted by atomic mass is 10.1. The number of ether oxygens (including phenoxy) is 4. The van der Waals surface area contributed by atoms with Gasteiger partial charge in [0.25, 0.3) is 0 Å². The van der Waals surface area contributed by atoms with Crippen molar-refractivity contribution in [3.63, 3.8) is 0 Å². The average molecular weight is 452 g/mol. The zero-order valence-electron chi connectivity index (χ0n) is 13.3. The summed E-state index contributed by atoms with van der Waals surface area (Å²) in [5.74, 6) is -1.60. The minimum absolute atomic E-state index is 0.132. The van der Waals surface area contributed by atoms with Gasteiger partial charge < -0.3 is 18.9 Å². The van der Waals surface area contributed by atoms with Crippen molar-refractivity contribution in [3.8, 4) is 0 Å². The standard InChI is InChI=1S/C14H17IN2O7/c1-7(18)21-5-10-12(22-8(2)19)13(23-9(3)20)14(24-10)17-6-16-4-11(17)15/h4,6,10,12-14H,5H2,1-3H3/t10-,12-,13-,14-/m1/s1. The molecule has 0 unspecified atom stereocenters. The van der Waals surface area contributed by atoms with E-state index < -0.39 is 42.4 Å². The van der Waals surface area contributed by atoms with Gasteiger partial charge >= 0.3 is 17.9 Å². The van der Waals surface area contributed by atoms with E-state index >= 15 is 0 Å². The third-order valence-corrected chi connectivity index (χ3v) is 4.07. The largest absolute Gasteiger partial charge is 0.463 e. The van der Waals surface area contributed by atoms with Crippen molar-refractivity contribution in [1.82, 2.24) is 9.55 Å². The highest BCUT2D eigenvalue weighted by Crippen LogP contribution is 2.35. The van der Waals surface area contributed by atoms with Crippen LogP contribution >= 0.6 is 22.6 Å². The number of hydrogen-bond acceptors (Lipinski definition) is 8. The van der Waals surface area contributed by atoms with E-state index in [-0.39, 0.29) is 6.61 Å². The first-order chi connectivity index (χ1) is 11.3. The third-order valence-electron chi connectivity index (χ3n) is 3.23. The van der Waals surface area contributed by atoms with Gasteiger partial charge in [-0.1, -0.05) is 0 Å². The van der Waals surface area contributed by atoms with Crippen molar-refractivity contribution in [3.05, 3.63) is 16.2 Å². The van der Waals surface area contributed by atoms with E-state index in [9.17, 15) is 14.4 Å². The Morgan fingerprint density at radius 2 is 1.79 bits per heavy atom. The molecule has 1 aromatic rings. The highest BCUT2D eigenvalue weighted by atomic mass is 127. The topological polar surface area (TPSA) is 106 Å². The molecule has 24 heavy (non-hydrogen) atoms. The Hall–Kier alpha value is -1.69. The number of carbonyl (C=O) groups excluding carboxylic acids is 3. The van der Waals surface area contributed by atoms with Gasteiger partial charge in [-0.2, -0.15) is 0 Å². The highest BCUT2D eigenvalue weighted by molar-refractivity contribution is 14.1. The molecule has 9 nitrogen and oxygen atoms in total. The summed E-state index contributed by atoms with van der Waals surface area (Å²) in [7, 11) is 0. The van der Waals surface area contributed by atoms with Gasteiger partial charge in [0.15, 0.2) is 18.4 Å². The van der Waals surface area contributed by atoms with Crippen molar-refractivity contribution in [1.29, 1.82) is 0 Å². The molecule has 2 rings (SSSR count). The van der Waals surface area contributed by atoms with Gasteiger partial charge in [0.1, 0.15) is 16.4 Å². The fourth-order valence-electron chi connectivity index (χ4n) is 2.39. The zero-order valence-corrected chi connectivity index (χ0v) is 15.5. The molecule has 1 aliphatic rings. The second kappa shape index (κ2) is 7.92. The molecule has 0 radical (unpaired) electrons. The molecule has 2 heterocycles. The van der Waals surface area contributed by atoms with Gasteiger partial charge in [0.2, 0.25) is 0 Å². The summed E-state index contributed by atoms with van der Waals surface area (Å²) in [5, 5.41) is 0. The van der Waals surface area contributed by atoms with Crippen molar-refractivity contribution in [2.24, 2.45) is 0 Å². The Morgan fingerprint density at radius 1 is 1.17 bits per heavy atom. The smallest absolute Gasteiger partial charge is 0.303 e. The minimum atomic E-state index is -0.908. The molecule has 1 aromatic heterocycles. The van der Waals surface area contributed by atoms with Crippen LogP contribution in [0.5, 0.6) is 0 Å². The van der Waals surface area contributed by atoms with Crippen LogP contribution in [0, 0.1) is 3.70 Å². The quantitative estimate of drug-likeness (QED) is 0.367. The van der Waals surface area contributed by atoms with Crippen LogP contribution in [0.15, 0.2) is 12.5 Å². The van der Waals surface area contributed by atoms with Gasteiger partial charge in [-0.05, 0) is 22.6 Å². The van der Waals surface area contributed by atoms with E-state index in [1.807, 2.05) is 22.6 Å². The van der Waals surface area contributed by atoms with Gasteiger partial charge in [-0.15, -0.1) is 0 Å². The average Bonchev–Trinajstić information content (AvgIpc) is 3.01. The number of rotatable bonds is 5. The Labute approximate surface area is 151 Å². The molecule has 1 fully saturated rings. The van der Waals surface area contributed by atoms with Gasteiger partial charge in [0.05, 0.1) is 12.5 Å². The summed E-state index contributed by atoms with van der Waals surface area (Å²) in [6, 6.07) is 0. The van der Waals surface area contributed by atoms with Crippen LogP contribution in [0.3, 0.4) is 0 Å². The second-order valence-corrected chi connectivity index (χ2v) is 6.24. The van der Waals surface area contributed by atoms with Crippen LogP contribution < -0.4 is 0 Å². The maximum Gasteiger partial charge on any atom is 0.303 e. The fourth-order valence-corrected chi connectivity index (χ4v) is 2.95. The summed E-state index contributed by atoms with van der Waals surface area (Å²) in [6.07, 6.45) is -0.209. The van der Waals surface area contributed by atoms with E-state index in [1.54, 1.807) is 10.8 Å². The Kier molecular flexibility index (Phi) is 6.15. The molecule has 0 N–H and O–H groups in total. The molecule has 1 aliphatic heterocycles. The van der Waals surface area contributed by atoms with Crippen LogP contribution in [0.25, 0.3) is 0 Å². The highest BCUT2D eigenvalue weighted by Gasteiger charge is 2.50. The Bertz CT molecular complexity index is 632. The first kappa shape index (κ1) is 18.6. The number of nitrogens with zero attached hydrogens (tertiary/aromatic N) is 2. The molecule has 1 saturated heterocycles. The van der Waals surface area contributed by atoms with Gasteiger partial charge in [-0.3, -0.25) is 19.0 Å². The normalized spacial score (nSPS) is 26.0. The van der Waals surface area contributed by atoms with E-state index in [0.29, 0.717) is 0 Å². The summed E-state index contributed by atoms with van der Waals surface area (Å²) in [4.78, 5) is 38.0. The van der Waals surface area contributed by atoms with E-state index in [4.69, 9.17) is 18.9 Å². The van der Waals surface area contributed by atoms with E-state index in [0.717, 1.165) is 3.70 Å². The number of carbonyl (C=O) groups is 3. The molecule has 0 aliphatic carbocycles. The lowest BCUT2D eigenvalue weighted by Gasteiger charge is -2.23. The monoisotopic (exact) mass is 452 g/mol. The molecular weight excluding hydrogens is 435 g/mol. The molecule has 10 heteroatoms. The number of imidazole rings is 1. The van der Waals surface area contributed by atoms with E-state index in [1.165, 1.54) is 27.1 Å². The molecule has 0 bridgehead atoms. The van der Waals surface area contributed by atoms with Crippen LogP contribution in [0.1, 0.15) is 27.0 Å². The summed E-state index contributed by atoms with van der Waals surface area (Å²) in [5.41, 5.74) is 0. The van der Waals surface area contributed by atoms with Crippen molar-refractivity contribution in [2.45, 2.75) is 45.3 Å². The first-order valence-electron chi connectivity index (χ1n) is 7.10. The number of aromatic nitrogens is 2. The fraction of sp³-hybridized carbons (Fsp3) is 0.571. The molecular formula is C14H17IN2O7. The molecule has 132 valence electrons. The predicted molar refractivity (Wildman–Crippen MR) is 86.6 cm³/mol. The van der Waals surface area contributed by atoms with Crippen molar-refractivity contribution in [2.75, 3.05) is 6.61 Å². The lowest BCUT2D eigenvalue weighted by molar-refractivity contribution is -0.166. The Morgan fingerprint density at radius 3 is 2.29 bits per heavy atom.